The standard InChI is InChI=1S/C7H4N4O4S/c12-1-5-7-6(2-13)9-11(4-15)16(7)10(3-14)8-5/h1-4H. The molecule has 2 aliphatic heterocycles. The predicted molar refractivity (Wildman–Crippen MR) is 55.4 cm³/mol. The minimum Gasteiger partial charge on any atom is -0.296 e. The van der Waals surface area contributed by atoms with Gasteiger partial charge in [0, 0.05) is 0 Å². The summed E-state index contributed by atoms with van der Waals surface area (Å²) in [4.78, 5) is 43.0. The molecule has 8 nitrogen and oxygen atoms in total. The highest BCUT2D eigenvalue weighted by Gasteiger charge is 2.37. The Bertz CT molecular complexity index is 453. The molecule has 82 valence electrons. The molecular weight excluding hydrogens is 236 g/mol. The monoisotopic (exact) mass is 240 g/mol. The lowest BCUT2D eigenvalue weighted by Crippen LogP contribution is -2.21. The SMILES string of the molecule is O=CC1=NN(C=O)S2=C1C(C=O)=NN2C=O. The highest BCUT2D eigenvalue weighted by Crippen LogP contribution is 2.34. The zero-order valence-electron chi connectivity index (χ0n) is 7.64. The number of rotatable bonds is 4. The van der Waals surface area contributed by atoms with Crippen LogP contribution in [-0.2, 0) is 19.2 Å². The quantitative estimate of drug-likeness (QED) is 0.432. The average Bonchev–Trinajstić information content (AvgIpc) is 2.85. The van der Waals surface area contributed by atoms with Crippen LogP contribution < -0.4 is 0 Å². The van der Waals surface area contributed by atoms with E-state index in [1.165, 1.54) is 0 Å². The van der Waals surface area contributed by atoms with Gasteiger partial charge in [-0.15, -0.1) is 0 Å². The summed E-state index contributed by atoms with van der Waals surface area (Å²) in [7, 11) is -1.23. The lowest BCUT2D eigenvalue weighted by molar-refractivity contribution is -0.114. The van der Waals surface area contributed by atoms with Gasteiger partial charge >= 0.3 is 0 Å². The number of carbonyl (C=O) groups is 4. The van der Waals surface area contributed by atoms with Crippen molar-refractivity contribution in [3.05, 3.63) is 0 Å². The third kappa shape index (κ3) is 1.21. The first kappa shape index (κ1) is 10.4. The number of carbonyl (C=O) groups excluding carboxylic acids is 4. The van der Waals surface area contributed by atoms with Crippen LogP contribution in [0, 0.1) is 0 Å². The summed E-state index contributed by atoms with van der Waals surface area (Å²) in [6.45, 7) is 0. The predicted octanol–water partition coefficient (Wildman–Crippen LogP) is -1.69. The number of hydrogen-bond acceptors (Lipinski definition) is 6. The van der Waals surface area contributed by atoms with Crippen molar-refractivity contribution in [2.45, 2.75) is 0 Å². The largest absolute Gasteiger partial charge is 0.296 e. The molecule has 0 saturated heterocycles. The minimum absolute atomic E-state index is 0.0642. The Morgan fingerprint density at radius 2 is 1.31 bits per heavy atom. The van der Waals surface area contributed by atoms with Gasteiger partial charge in [0.15, 0.2) is 12.6 Å². The van der Waals surface area contributed by atoms with E-state index in [0.717, 1.165) is 8.83 Å². The van der Waals surface area contributed by atoms with Crippen LogP contribution >= 0.6 is 10.9 Å². The summed E-state index contributed by atoms with van der Waals surface area (Å²) in [5.41, 5.74) is -0.128. The minimum atomic E-state index is -1.23. The molecule has 0 radical (unpaired) electrons. The van der Waals surface area contributed by atoms with Crippen molar-refractivity contribution >= 4 is 52.5 Å². The fourth-order valence-corrected chi connectivity index (χ4v) is 2.85. The van der Waals surface area contributed by atoms with E-state index in [2.05, 4.69) is 10.2 Å². The second-order valence-corrected chi connectivity index (χ2v) is 4.30. The molecule has 0 unspecified atom stereocenters. The Hall–Kier alpha value is -2.16. The summed E-state index contributed by atoms with van der Waals surface area (Å²) < 4.78 is 1.76. The Kier molecular flexibility index (Phi) is 2.44. The number of hydrogen-bond donors (Lipinski definition) is 0. The Balaban J connectivity index is 2.58. The molecule has 2 rings (SSSR count). The second kappa shape index (κ2) is 3.77. The highest BCUT2D eigenvalue weighted by molar-refractivity contribution is 8.15. The average molecular weight is 240 g/mol. The number of aldehydes is 2. The van der Waals surface area contributed by atoms with Gasteiger partial charge in [0.1, 0.15) is 16.3 Å². The van der Waals surface area contributed by atoms with Crippen molar-refractivity contribution in [3.8, 4) is 0 Å². The zero-order chi connectivity index (χ0) is 11.7. The van der Waals surface area contributed by atoms with Gasteiger partial charge in [-0.25, -0.2) is 0 Å². The van der Waals surface area contributed by atoms with Gasteiger partial charge in [-0.2, -0.15) is 19.0 Å². The van der Waals surface area contributed by atoms with E-state index in [1.807, 2.05) is 0 Å². The third-order valence-corrected chi connectivity index (χ3v) is 3.65. The van der Waals surface area contributed by atoms with Gasteiger partial charge < -0.3 is 0 Å². The van der Waals surface area contributed by atoms with Gasteiger partial charge in [0.05, 0.1) is 10.9 Å². The van der Waals surface area contributed by atoms with Gasteiger partial charge in [0.2, 0.25) is 12.8 Å². The second-order valence-electron chi connectivity index (χ2n) is 2.62. The molecule has 16 heavy (non-hydrogen) atoms. The summed E-state index contributed by atoms with van der Waals surface area (Å²) in [6.07, 6.45) is 1.54. The maximum absolute atomic E-state index is 10.7. The van der Waals surface area contributed by atoms with Gasteiger partial charge in [-0.3, -0.25) is 19.2 Å². The van der Waals surface area contributed by atoms with Crippen molar-refractivity contribution in [1.82, 2.24) is 8.83 Å². The first-order valence-corrected chi connectivity index (χ1v) is 5.09. The van der Waals surface area contributed by atoms with Crippen LogP contribution in [0.1, 0.15) is 0 Å². The highest BCUT2D eigenvalue weighted by atomic mass is 32.2. The Morgan fingerprint density at radius 3 is 1.62 bits per heavy atom. The maximum atomic E-state index is 10.7. The molecule has 0 fully saturated rings. The van der Waals surface area contributed by atoms with Crippen molar-refractivity contribution in [3.63, 3.8) is 0 Å². The molecular formula is C7H4N4O4S. The Morgan fingerprint density at radius 1 is 0.875 bits per heavy atom. The van der Waals surface area contributed by atoms with Crippen molar-refractivity contribution in [2.24, 2.45) is 10.2 Å². The smallest absolute Gasteiger partial charge is 0.241 e. The number of hydrazone groups is 2. The van der Waals surface area contributed by atoms with Crippen molar-refractivity contribution in [1.29, 1.82) is 0 Å². The molecule has 2 aliphatic rings. The van der Waals surface area contributed by atoms with E-state index in [0.29, 0.717) is 25.4 Å². The molecule has 0 N–H and O–H groups in total. The van der Waals surface area contributed by atoms with Crippen LogP contribution in [0.15, 0.2) is 10.2 Å². The van der Waals surface area contributed by atoms with Crippen molar-refractivity contribution < 1.29 is 19.2 Å². The molecule has 0 bridgehead atoms. The Labute approximate surface area is 91.4 Å². The van der Waals surface area contributed by atoms with Crippen LogP contribution in [0.2, 0.25) is 0 Å². The molecule has 0 spiro atoms. The van der Waals surface area contributed by atoms with Crippen LogP contribution in [0.4, 0.5) is 0 Å². The zero-order valence-corrected chi connectivity index (χ0v) is 8.46. The van der Waals surface area contributed by atoms with Gasteiger partial charge in [0.25, 0.3) is 0 Å². The molecule has 0 saturated carbocycles. The van der Waals surface area contributed by atoms with Crippen LogP contribution in [-0.4, -0.2) is 50.5 Å². The topological polar surface area (TPSA) is 99.5 Å². The number of amides is 2. The lowest BCUT2D eigenvalue weighted by Gasteiger charge is -2.14. The maximum Gasteiger partial charge on any atom is 0.241 e. The van der Waals surface area contributed by atoms with Crippen molar-refractivity contribution in [2.75, 3.05) is 0 Å². The van der Waals surface area contributed by atoms with E-state index in [9.17, 15) is 19.2 Å². The van der Waals surface area contributed by atoms with E-state index in [4.69, 9.17) is 0 Å². The molecule has 2 amide bonds. The molecule has 0 atom stereocenters. The first-order chi connectivity index (χ1) is 7.76. The van der Waals surface area contributed by atoms with Gasteiger partial charge in [-0.05, 0) is 0 Å². The van der Waals surface area contributed by atoms with E-state index in [1.54, 1.807) is 0 Å². The fourth-order valence-electron chi connectivity index (χ4n) is 1.25. The third-order valence-electron chi connectivity index (χ3n) is 1.82. The molecule has 0 aromatic heterocycles. The van der Waals surface area contributed by atoms with Crippen LogP contribution in [0.25, 0.3) is 0 Å². The van der Waals surface area contributed by atoms with E-state index in [-0.39, 0.29) is 16.3 Å². The van der Waals surface area contributed by atoms with Crippen LogP contribution in [0.3, 0.4) is 0 Å². The van der Waals surface area contributed by atoms with E-state index >= 15 is 0 Å². The molecule has 0 aromatic rings. The summed E-state index contributed by atoms with van der Waals surface area (Å²) in [6, 6.07) is 0. The molecule has 9 heteroatoms. The summed E-state index contributed by atoms with van der Waals surface area (Å²) in [5, 5.41) is 7.31. The fraction of sp³-hybridized carbons (Fsp3) is 0. The molecule has 0 aromatic carbocycles. The normalized spacial score (nSPS) is 19.1. The number of nitrogens with zero attached hydrogens (tertiary/aromatic N) is 4. The van der Waals surface area contributed by atoms with Crippen LogP contribution in [0.5, 0.6) is 0 Å². The molecule has 0 aliphatic carbocycles. The first-order valence-electron chi connectivity index (χ1n) is 3.95. The summed E-state index contributed by atoms with van der Waals surface area (Å²) >= 11 is 0. The molecule has 2 heterocycles. The summed E-state index contributed by atoms with van der Waals surface area (Å²) in [5.74, 6) is 0. The van der Waals surface area contributed by atoms with Gasteiger partial charge in [-0.1, -0.05) is 0 Å². The van der Waals surface area contributed by atoms with E-state index < -0.39 is 10.9 Å². The lowest BCUT2D eigenvalue weighted by atomic mass is 10.2.